The van der Waals surface area contributed by atoms with Gasteiger partial charge in [0.25, 0.3) is 0 Å². The van der Waals surface area contributed by atoms with Crippen LogP contribution in [0.3, 0.4) is 0 Å². The molecule has 83 valence electrons. The summed E-state index contributed by atoms with van der Waals surface area (Å²) in [4.78, 5) is 0. The first-order valence-corrected chi connectivity index (χ1v) is 4.49. The van der Waals surface area contributed by atoms with Gasteiger partial charge in [-0.1, -0.05) is 0 Å². The van der Waals surface area contributed by atoms with Gasteiger partial charge in [-0.3, -0.25) is 0 Å². The Morgan fingerprint density at radius 2 is 1.27 bits per heavy atom. The molecule has 9 heteroatoms. The molecule has 0 aromatic heterocycles. The molecule has 3 radical (unpaired) electrons. The third-order valence-corrected chi connectivity index (χ3v) is 1.40. The van der Waals surface area contributed by atoms with Gasteiger partial charge in [0, 0.05) is 19.5 Å². The zero-order chi connectivity index (χ0) is 11.4. The molecule has 0 fully saturated rings. The highest BCUT2D eigenvalue weighted by atomic mass is 16.6. The molecule has 0 aliphatic carbocycles. The summed E-state index contributed by atoms with van der Waals surface area (Å²) in [5, 5.41) is 25.2. The first kappa shape index (κ1) is 15.0. The Labute approximate surface area is 91.4 Å². The maximum Gasteiger partial charge on any atom is 0.315 e. The van der Waals surface area contributed by atoms with E-state index in [1.807, 2.05) is 0 Å². The maximum atomic E-state index is 8.43. The Hall–Kier alpha value is -0.0452. The van der Waals surface area contributed by atoms with Crippen molar-refractivity contribution in [1.29, 1.82) is 0 Å². The molecular formula is C6H14B3O6. The summed E-state index contributed by atoms with van der Waals surface area (Å²) >= 11 is 0. The number of hydrogen-bond donors (Lipinski definition) is 3. The van der Waals surface area contributed by atoms with E-state index in [4.69, 9.17) is 29.3 Å². The molecule has 0 heterocycles. The zero-order valence-corrected chi connectivity index (χ0v) is 8.41. The number of ether oxygens (including phenoxy) is 3. The Morgan fingerprint density at radius 3 is 1.67 bits per heavy atom. The normalized spacial score (nSPS) is 10.4. The fourth-order valence-corrected chi connectivity index (χ4v) is 0.828. The minimum absolute atomic E-state index is 0.0725. The summed E-state index contributed by atoms with van der Waals surface area (Å²) in [5.41, 5.74) is 0. The second kappa shape index (κ2) is 12.0. The van der Waals surface area contributed by atoms with Crippen LogP contribution < -0.4 is 0 Å². The van der Waals surface area contributed by atoms with Crippen molar-refractivity contribution in [3.63, 3.8) is 0 Å². The summed E-state index contributed by atoms with van der Waals surface area (Å²) in [7, 11) is 2.65. The molecule has 0 amide bonds. The lowest BCUT2D eigenvalue weighted by atomic mass is 10.1. The second-order valence-electron chi connectivity index (χ2n) is 2.58. The molecule has 15 heavy (non-hydrogen) atoms. The maximum absolute atomic E-state index is 8.43. The van der Waals surface area contributed by atoms with Crippen LogP contribution in [0, 0.1) is 0 Å². The third kappa shape index (κ3) is 10.2. The number of hydrogen-bond acceptors (Lipinski definition) is 6. The van der Waals surface area contributed by atoms with Crippen molar-refractivity contribution in [2.75, 3.05) is 32.7 Å². The van der Waals surface area contributed by atoms with E-state index < -0.39 is 0 Å². The van der Waals surface area contributed by atoms with Crippen LogP contribution in [0.5, 0.6) is 0 Å². The molecule has 0 aromatic carbocycles. The van der Waals surface area contributed by atoms with Crippen LogP contribution in [-0.4, -0.2) is 76.4 Å². The number of rotatable bonds is 11. The molecule has 0 bridgehead atoms. The summed E-state index contributed by atoms with van der Waals surface area (Å²) in [5.74, 6) is 0. The van der Waals surface area contributed by atoms with Crippen LogP contribution in [-0.2, 0) is 14.2 Å². The largest absolute Gasteiger partial charge is 0.452 e. The highest BCUT2D eigenvalue weighted by Crippen LogP contribution is 1.94. The van der Waals surface area contributed by atoms with Gasteiger partial charge < -0.3 is 29.3 Å². The van der Waals surface area contributed by atoms with Crippen LogP contribution >= 0.6 is 0 Å². The van der Waals surface area contributed by atoms with Gasteiger partial charge in [-0.25, -0.2) is 0 Å². The van der Waals surface area contributed by atoms with Crippen molar-refractivity contribution >= 4 is 22.4 Å². The molecule has 0 atom stereocenters. The Morgan fingerprint density at radius 1 is 0.800 bits per heavy atom. The van der Waals surface area contributed by atoms with Crippen molar-refractivity contribution in [3.05, 3.63) is 0 Å². The average Bonchev–Trinajstić information content (AvgIpc) is 2.25. The minimum atomic E-state index is -0.353. The summed E-state index contributed by atoms with van der Waals surface area (Å²) in [6, 6.07) is 0. The summed E-state index contributed by atoms with van der Waals surface area (Å²) < 4.78 is 15.1. The fraction of sp³-hybridized carbons (Fsp3) is 1.00. The van der Waals surface area contributed by atoms with Gasteiger partial charge in [-0.2, -0.15) is 0 Å². The van der Waals surface area contributed by atoms with E-state index in [1.165, 1.54) is 0 Å². The molecule has 0 aliphatic heterocycles. The monoisotopic (exact) mass is 215 g/mol. The first-order chi connectivity index (χ1) is 7.35. The molecule has 0 spiro atoms. The summed E-state index contributed by atoms with van der Waals surface area (Å²) in [6.45, 7) is 0.749. The molecule has 0 saturated heterocycles. The highest BCUT2D eigenvalue weighted by molar-refractivity contribution is 6.25. The van der Waals surface area contributed by atoms with Crippen LogP contribution in [0.2, 0.25) is 0 Å². The Bertz CT molecular complexity index is 119. The molecule has 0 rings (SSSR count). The van der Waals surface area contributed by atoms with E-state index in [9.17, 15) is 0 Å². The molecule has 0 unspecified atom stereocenters. The van der Waals surface area contributed by atoms with E-state index in [2.05, 4.69) is 0 Å². The van der Waals surface area contributed by atoms with E-state index >= 15 is 0 Å². The van der Waals surface area contributed by atoms with Crippen LogP contribution in [0.1, 0.15) is 0 Å². The smallest absolute Gasteiger partial charge is 0.315 e. The summed E-state index contributed by atoms with van der Waals surface area (Å²) in [6.07, 6.45) is -0.353. The molecule has 0 aromatic rings. The Kier molecular flexibility index (Phi) is 12.0. The molecule has 3 N–H and O–H groups in total. The predicted octanol–water partition coefficient (Wildman–Crippen LogP) is -2.89. The zero-order valence-electron chi connectivity index (χ0n) is 8.41. The van der Waals surface area contributed by atoms with E-state index in [0.717, 1.165) is 22.4 Å². The van der Waals surface area contributed by atoms with Crippen LogP contribution in [0.15, 0.2) is 0 Å². The van der Waals surface area contributed by atoms with Gasteiger partial charge in [-0.05, 0) is 0 Å². The van der Waals surface area contributed by atoms with Gasteiger partial charge in [0.2, 0.25) is 0 Å². The Balaban J connectivity index is 3.53. The highest BCUT2D eigenvalue weighted by Gasteiger charge is 2.10. The lowest BCUT2D eigenvalue weighted by molar-refractivity contribution is -0.0357. The minimum Gasteiger partial charge on any atom is -0.452 e. The van der Waals surface area contributed by atoms with Crippen molar-refractivity contribution in [3.8, 4) is 0 Å². The van der Waals surface area contributed by atoms with Gasteiger partial charge in [-0.15, -0.1) is 0 Å². The second-order valence-corrected chi connectivity index (χ2v) is 2.58. The molecule has 0 saturated carbocycles. The molecule has 0 aliphatic rings. The van der Waals surface area contributed by atoms with Crippen molar-refractivity contribution in [2.24, 2.45) is 0 Å². The van der Waals surface area contributed by atoms with Gasteiger partial charge in [0.05, 0.1) is 13.2 Å². The predicted molar refractivity (Wildman–Crippen MR) is 55.3 cm³/mol. The van der Waals surface area contributed by atoms with E-state index in [0.29, 0.717) is 0 Å². The SMILES string of the molecule is O[B]COCC(COC[B]O)OC[B]O. The third-order valence-electron chi connectivity index (χ3n) is 1.40. The quantitative estimate of drug-likeness (QED) is 0.253. The van der Waals surface area contributed by atoms with Gasteiger partial charge in [0.15, 0.2) is 0 Å². The van der Waals surface area contributed by atoms with Crippen molar-refractivity contribution < 1.29 is 29.3 Å². The first-order valence-electron chi connectivity index (χ1n) is 4.49. The topological polar surface area (TPSA) is 88.4 Å². The average molecular weight is 215 g/mol. The van der Waals surface area contributed by atoms with E-state index in [1.54, 1.807) is 0 Å². The molecular weight excluding hydrogens is 200 g/mol. The van der Waals surface area contributed by atoms with Crippen LogP contribution in [0.25, 0.3) is 0 Å². The van der Waals surface area contributed by atoms with Gasteiger partial charge in [0.1, 0.15) is 6.10 Å². The lowest BCUT2D eigenvalue weighted by Crippen LogP contribution is -2.29. The van der Waals surface area contributed by atoms with Crippen molar-refractivity contribution in [2.45, 2.75) is 6.10 Å². The van der Waals surface area contributed by atoms with E-state index in [-0.39, 0.29) is 38.8 Å². The molecule has 6 nitrogen and oxygen atoms in total. The standard InChI is InChI=1S/C6H14B3O6/c10-7-3-13-1-6(15-5-9-12)2-14-4-8-11/h6,10-12H,1-5H2. The van der Waals surface area contributed by atoms with Gasteiger partial charge >= 0.3 is 22.4 Å². The van der Waals surface area contributed by atoms with Crippen molar-refractivity contribution in [1.82, 2.24) is 0 Å². The lowest BCUT2D eigenvalue weighted by Gasteiger charge is -2.16. The van der Waals surface area contributed by atoms with Crippen LogP contribution in [0.4, 0.5) is 0 Å². The fourth-order valence-electron chi connectivity index (χ4n) is 0.828.